The van der Waals surface area contributed by atoms with Gasteiger partial charge in [0.2, 0.25) is 0 Å². The Balaban J connectivity index is 1.75. The van der Waals surface area contributed by atoms with Crippen LogP contribution in [0, 0.1) is 5.92 Å². The number of rotatable bonds is 2. The van der Waals surface area contributed by atoms with Crippen LogP contribution < -0.4 is 5.32 Å². The van der Waals surface area contributed by atoms with E-state index in [4.69, 9.17) is 0 Å². The van der Waals surface area contributed by atoms with Gasteiger partial charge in [-0.25, -0.2) is 0 Å². The molecule has 0 bridgehead atoms. The van der Waals surface area contributed by atoms with E-state index in [1.165, 1.54) is 31.5 Å². The largest absolute Gasteiger partial charge is 0.315 e. The maximum Gasteiger partial charge on any atom is 0.0267 e. The Morgan fingerprint density at radius 1 is 1.18 bits per heavy atom. The Morgan fingerprint density at radius 3 is 2.82 bits per heavy atom. The first kappa shape index (κ1) is 11.2. The molecule has 3 rings (SSSR count). The average molecular weight is 230 g/mol. The molecule has 0 amide bonds. The third-order valence-electron chi connectivity index (χ3n) is 4.46. The Bertz CT molecular complexity index is 362. The minimum atomic E-state index is 0.733. The summed E-state index contributed by atoms with van der Waals surface area (Å²) in [5.74, 6) is 0.884. The molecule has 2 saturated heterocycles. The smallest absolute Gasteiger partial charge is 0.0267 e. The van der Waals surface area contributed by atoms with Gasteiger partial charge in [0, 0.05) is 25.2 Å². The zero-order chi connectivity index (χ0) is 11.7. The number of likely N-dealkylation sites (tertiary alicyclic amines) is 1. The predicted molar refractivity (Wildman–Crippen MR) is 70.8 cm³/mol. The van der Waals surface area contributed by atoms with Crippen LogP contribution in [0.2, 0.25) is 0 Å². The highest BCUT2D eigenvalue weighted by Gasteiger charge is 2.37. The molecule has 1 aromatic carbocycles. The summed E-state index contributed by atoms with van der Waals surface area (Å²) in [4.78, 5) is 2.71. The number of fused-ring (bicyclic) bond motifs is 1. The van der Waals surface area contributed by atoms with Gasteiger partial charge in [-0.05, 0) is 37.8 Å². The van der Waals surface area contributed by atoms with Gasteiger partial charge < -0.3 is 5.32 Å². The number of benzene rings is 1. The van der Waals surface area contributed by atoms with Crippen LogP contribution in [-0.4, -0.2) is 30.1 Å². The van der Waals surface area contributed by atoms with Gasteiger partial charge in [-0.1, -0.05) is 30.3 Å². The van der Waals surface area contributed by atoms with E-state index in [9.17, 15) is 0 Å². The number of piperidine rings is 1. The van der Waals surface area contributed by atoms with E-state index < -0.39 is 0 Å². The van der Waals surface area contributed by atoms with Crippen LogP contribution in [0.15, 0.2) is 30.3 Å². The number of hydrogen-bond acceptors (Lipinski definition) is 2. The molecule has 0 radical (unpaired) electrons. The van der Waals surface area contributed by atoms with Gasteiger partial charge in [0.25, 0.3) is 0 Å². The highest BCUT2D eigenvalue weighted by molar-refractivity contribution is 5.15. The molecule has 0 saturated carbocycles. The Kier molecular flexibility index (Phi) is 3.17. The van der Waals surface area contributed by atoms with E-state index in [1.54, 1.807) is 0 Å². The number of nitrogens with one attached hydrogen (secondary N) is 1. The van der Waals surface area contributed by atoms with Crippen LogP contribution >= 0.6 is 0 Å². The first-order valence-electron chi connectivity index (χ1n) is 6.85. The molecule has 2 heterocycles. The summed E-state index contributed by atoms with van der Waals surface area (Å²) >= 11 is 0. The summed E-state index contributed by atoms with van der Waals surface area (Å²) in [6.07, 6.45) is 2.76. The van der Waals surface area contributed by atoms with Crippen molar-refractivity contribution in [3.63, 3.8) is 0 Å². The second kappa shape index (κ2) is 4.79. The maximum atomic E-state index is 3.56. The highest BCUT2D eigenvalue weighted by atomic mass is 15.2. The SMILES string of the molecule is CC1CCC2CNCC2N1Cc1ccccc1. The Hall–Kier alpha value is -0.860. The molecule has 0 aliphatic carbocycles. The summed E-state index contributed by atoms with van der Waals surface area (Å²) in [5, 5.41) is 3.56. The van der Waals surface area contributed by atoms with Crippen molar-refractivity contribution in [1.82, 2.24) is 10.2 Å². The second-order valence-corrected chi connectivity index (χ2v) is 5.57. The minimum Gasteiger partial charge on any atom is -0.315 e. The van der Waals surface area contributed by atoms with E-state index in [2.05, 4.69) is 47.5 Å². The highest BCUT2D eigenvalue weighted by Crippen LogP contribution is 2.31. The van der Waals surface area contributed by atoms with Gasteiger partial charge >= 0.3 is 0 Å². The molecule has 2 aliphatic rings. The lowest BCUT2D eigenvalue weighted by atomic mass is 9.88. The molecular formula is C15H22N2. The Labute approximate surface area is 104 Å². The lowest BCUT2D eigenvalue weighted by Crippen LogP contribution is -2.49. The number of nitrogens with zero attached hydrogens (tertiary/aromatic N) is 1. The first-order chi connectivity index (χ1) is 8.34. The van der Waals surface area contributed by atoms with Crippen molar-refractivity contribution in [3.05, 3.63) is 35.9 Å². The zero-order valence-electron chi connectivity index (χ0n) is 10.6. The molecule has 2 heteroatoms. The molecule has 3 unspecified atom stereocenters. The molecular weight excluding hydrogens is 208 g/mol. The Morgan fingerprint density at radius 2 is 2.00 bits per heavy atom. The number of hydrogen-bond donors (Lipinski definition) is 1. The molecule has 0 aromatic heterocycles. The van der Waals surface area contributed by atoms with E-state index in [1.807, 2.05) is 0 Å². The minimum absolute atomic E-state index is 0.733. The van der Waals surface area contributed by atoms with Crippen LogP contribution in [0.5, 0.6) is 0 Å². The van der Waals surface area contributed by atoms with Crippen LogP contribution in [0.3, 0.4) is 0 Å². The summed E-state index contributed by atoms with van der Waals surface area (Å²) in [6.45, 7) is 5.91. The van der Waals surface area contributed by atoms with Gasteiger partial charge in [0.05, 0.1) is 0 Å². The monoisotopic (exact) mass is 230 g/mol. The molecule has 1 N–H and O–H groups in total. The molecule has 3 atom stereocenters. The summed E-state index contributed by atoms with van der Waals surface area (Å²) in [7, 11) is 0. The van der Waals surface area contributed by atoms with E-state index in [0.29, 0.717) is 0 Å². The van der Waals surface area contributed by atoms with Crippen molar-refractivity contribution in [2.45, 2.75) is 38.4 Å². The normalized spacial score (nSPS) is 33.6. The van der Waals surface area contributed by atoms with Crippen molar-refractivity contribution in [1.29, 1.82) is 0 Å². The third kappa shape index (κ3) is 2.24. The van der Waals surface area contributed by atoms with Crippen LogP contribution in [0.1, 0.15) is 25.3 Å². The zero-order valence-corrected chi connectivity index (χ0v) is 10.6. The van der Waals surface area contributed by atoms with Gasteiger partial charge in [0.1, 0.15) is 0 Å². The fraction of sp³-hybridized carbons (Fsp3) is 0.600. The van der Waals surface area contributed by atoms with Crippen molar-refractivity contribution in [3.8, 4) is 0 Å². The summed E-state index contributed by atoms with van der Waals surface area (Å²) < 4.78 is 0. The van der Waals surface area contributed by atoms with Crippen molar-refractivity contribution >= 4 is 0 Å². The summed E-state index contributed by atoms with van der Waals surface area (Å²) in [6, 6.07) is 12.4. The van der Waals surface area contributed by atoms with Gasteiger partial charge in [-0.2, -0.15) is 0 Å². The quantitative estimate of drug-likeness (QED) is 0.838. The lowest BCUT2D eigenvalue weighted by molar-refractivity contribution is 0.0662. The van der Waals surface area contributed by atoms with Gasteiger partial charge in [0.15, 0.2) is 0 Å². The lowest BCUT2D eigenvalue weighted by Gasteiger charge is -2.42. The summed E-state index contributed by atoms with van der Waals surface area (Å²) in [5.41, 5.74) is 1.45. The maximum absolute atomic E-state index is 3.56. The topological polar surface area (TPSA) is 15.3 Å². The second-order valence-electron chi connectivity index (χ2n) is 5.57. The van der Waals surface area contributed by atoms with Crippen LogP contribution in [0.25, 0.3) is 0 Å². The molecule has 0 spiro atoms. The molecule has 2 nitrogen and oxygen atoms in total. The van der Waals surface area contributed by atoms with Crippen LogP contribution in [0.4, 0.5) is 0 Å². The molecule has 92 valence electrons. The molecule has 1 aromatic rings. The van der Waals surface area contributed by atoms with Gasteiger partial charge in [-0.3, -0.25) is 4.90 Å². The van der Waals surface area contributed by atoms with Crippen LogP contribution in [-0.2, 0) is 6.54 Å². The van der Waals surface area contributed by atoms with Gasteiger partial charge in [-0.15, -0.1) is 0 Å². The van der Waals surface area contributed by atoms with E-state index in [-0.39, 0.29) is 0 Å². The fourth-order valence-electron chi connectivity index (χ4n) is 3.42. The first-order valence-corrected chi connectivity index (χ1v) is 6.85. The van der Waals surface area contributed by atoms with Crippen molar-refractivity contribution in [2.75, 3.05) is 13.1 Å². The molecule has 17 heavy (non-hydrogen) atoms. The van der Waals surface area contributed by atoms with E-state index >= 15 is 0 Å². The molecule has 2 aliphatic heterocycles. The standard InChI is InChI=1S/C15H22N2/c1-12-7-8-14-9-16-10-15(14)17(12)11-13-5-3-2-4-6-13/h2-6,12,14-16H,7-11H2,1H3. The fourth-order valence-corrected chi connectivity index (χ4v) is 3.42. The van der Waals surface area contributed by atoms with Crippen molar-refractivity contribution < 1.29 is 0 Å². The van der Waals surface area contributed by atoms with Crippen molar-refractivity contribution in [2.24, 2.45) is 5.92 Å². The van der Waals surface area contributed by atoms with E-state index in [0.717, 1.165) is 24.5 Å². The average Bonchev–Trinajstić information content (AvgIpc) is 2.83. The molecule has 2 fully saturated rings. The third-order valence-corrected chi connectivity index (χ3v) is 4.46. The predicted octanol–water partition coefficient (Wildman–Crippen LogP) is 2.26.